The van der Waals surface area contributed by atoms with Gasteiger partial charge in [-0.25, -0.2) is 9.97 Å². The Bertz CT molecular complexity index is 337. The molecule has 0 amide bonds. The molecule has 1 aliphatic heterocycles. The van der Waals surface area contributed by atoms with Crippen LogP contribution < -0.4 is 10.5 Å². The van der Waals surface area contributed by atoms with Crippen LogP contribution in [0.15, 0.2) is 6.33 Å². The summed E-state index contributed by atoms with van der Waals surface area (Å²) in [4.78, 5) is 7.91. The maximum Gasteiger partial charge on any atom is 0.221 e. The molecular weight excluding hydrogens is 194 g/mol. The first-order valence-electron chi connectivity index (χ1n) is 5.09. The van der Waals surface area contributed by atoms with Gasteiger partial charge in [-0.2, -0.15) is 0 Å². The second-order valence-electron chi connectivity index (χ2n) is 3.64. The quantitative estimate of drug-likeness (QED) is 0.801. The summed E-state index contributed by atoms with van der Waals surface area (Å²) in [6, 6.07) is 0. The van der Waals surface area contributed by atoms with Crippen molar-refractivity contribution in [2.75, 3.05) is 18.9 Å². The van der Waals surface area contributed by atoms with E-state index in [1.54, 1.807) is 0 Å². The molecule has 5 heteroatoms. The fraction of sp³-hybridized carbons (Fsp3) is 0.600. The van der Waals surface area contributed by atoms with Crippen LogP contribution in [0.25, 0.3) is 0 Å². The van der Waals surface area contributed by atoms with Crippen molar-refractivity contribution in [3.8, 4) is 5.88 Å². The van der Waals surface area contributed by atoms with Gasteiger partial charge in [0.25, 0.3) is 0 Å². The molecule has 1 aromatic heterocycles. The van der Waals surface area contributed by atoms with Crippen molar-refractivity contribution in [3.63, 3.8) is 0 Å². The van der Waals surface area contributed by atoms with Gasteiger partial charge >= 0.3 is 0 Å². The van der Waals surface area contributed by atoms with Crippen LogP contribution in [0.3, 0.4) is 0 Å². The Hall–Kier alpha value is -1.36. The van der Waals surface area contributed by atoms with Gasteiger partial charge in [0, 0.05) is 6.61 Å². The number of nitrogens with two attached hydrogens (primary N) is 1. The van der Waals surface area contributed by atoms with E-state index in [0.717, 1.165) is 25.0 Å². The number of hydrogen-bond acceptors (Lipinski definition) is 5. The minimum Gasteiger partial charge on any atom is -0.475 e. The molecule has 0 bridgehead atoms. The maximum atomic E-state index is 5.64. The van der Waals surface area contributed by atoms with E-state index < -0.39 is 0 Å². The van der Waals surface area contributed by atoms with Crippen LogP contribution in [-0.4, -0.2) is 29.3 Å². The predicted octanol–water partition coefficient (Wildman–Crippen LogP) is 0.925. The highest BCUT2D eigenvalue weighted by Crippen LogP contribution is 2.19. The highest BCUT2D eigenvalue weighted by molar-refractivity contribution is 5.43. The molecule has 5 nitrogen and oxygen atoms in total. The average molecular weight is 209 g/mol. The molecule has 1 saturated heterocycles. The van der Waals surface area contributed by atoms with Gasteiger partial charge < -0.3 is 15.2 Å². The van der Waals surface area contributed by atoms with Crippen molar-refractivity contribution < 1.29 is 9.47 Å². The lowest BCUT2D eigenvalue weighted by atomic mass is 10.2. The number of rotatable bonds is 3. The monoisotopic (exact) mass is 209 g/mol. The maximum absolute atomic E-state index is 5.64. The number of aromatic nitrogens is 2. The van der Waals surface area contributed by atoms with Crippen molar-refractivity contribution in [2.24, 2.45) is 0 Å². The summed E-state index contributed by atoms with van der Waals surface area (Å²) in [6.45, 7) is 3.22. The van der Waals surface area contributed by atoms with E-state index >= 15 is 0 Å². The Morgan fingerprint density at radius 2 is 2.47 bits per heavy atom. The molecule has 1 fully saturated rings. The van der Waals surface area contributed by atoms with Crippen LogP contribution in [-0.2, 0) is 4.74 Å². The van der Waals surface area contributed by atoms with E-state index in [1.807, 2.05) is 6.92 Å². The lowest BCUT2D eigenvalue weighted by molar-refractivity contribution is 0.0660. The molecule has 1 aromatic rings. The zero-order chi connectivity index (χ0) is 10.7. The predicted molar refractivity (Wildman–Crippen MR) is 55.7 cm³/mol. The zero-order valence-electron chi connectivity index (χ0n) is 8.77. The fourth-order valence-corrected chi connectivity index (χ4v) is 1.54. The minimum absolute atomic E-state index is 0.195. The smallest absolute Gasteiger partial charge is 0.221 e. The van der Waals surface area contributed by atoms with Crippen LogP contribution in [0.2, 0.25) is 0 Å². The third-order valence-electron chi connectivity index (χ3n) is 2.51. The summed E-state index contributed by atoms with van der Waals surface area (Å²) in [5.74, 6) is 1.02. The summed E-state index contributed by atoms with van der Waals surface area (Å²) in [5, 5.41) is 0. The Kier molecular flexibility index (Phi) is 3.01. The molecule has 2 N–H and O–H groups in total. The van der Waals surface area contributed by atoms with Crippen LogP contribution in [0.4, 0.5) is 5.82 Å². The third kappa shape index (κ3) is 2.36. The van der Waals surface area contributed by atoms with Crippen molar-refractivity contribution in [1.82, 2.24) is 9.97 Å². The van der Waals surface area contributed by atoms with Gasteiger partial charge in [-0.3, -0.25) is 0 Å². The van der Waals surface area contributed by atoms with Gasteiger partial charge in [0.15, 0.2) is 0 Å². The topological polar surface area (TPSA) is 70.3 Å². The molecule has 15 heavy (non-hydrogen) atoms. The molecule has 1 atom stereocenters. The molecule has 0 aromatic carbocycles. The molecule has 1 unspecified atom stereocenters. The zero-order valence-corrected chi connectivity index (χ0v) is 8.77. The van der Waals surface area contributed by atoms with Crippen molar-refractivity contribution in [2.45, 2.75) is 25.9 Å². The number of ether oxygens (including phenoxy) is 2. The molecule has 2 heterocycles. The third-order valence-corrected chi connectivity index (χ3v) is 2.51. The number of nitrogens with zero attached hydrogens (tertiary/aromatic N) is 2. The summed E-state index contributed by atoms with van der Waals surface area (Å²) in [5.41, 5.74) is 6.43. The van der Waals surface area contributed by atoms with E-state index in [0.29, 0.717) is 18.3 Å². The van der Waals surface area contributed by atoms with Gasteiger partial charge in [-0.15, -0.1) is 0 Å². The average Bonchev–Trinajstić information content (AvgIpc) is 2.73. The number of nitrogen functional groups attached to an aromatic ring is 1. The van der Waals surface area contributed by atoms with E-state index in [4.69, 9.17) is 15.2 Å². The van der Waals surface area contributed by atoms with E-state index in [-0.39, 0.29) is 6.10 Å². The molecule has 2 rings (SSSR count). The molecular formula is C10H15N3O2. The first-order valence-corrected chi connectivity index (χ1v) is 5.09. The molecule has 0 spiro atoms. The lowest BCUT2D eigenvalue weighted by Crippen LogP contribution is -2.17. The van der Waals surface area contributed by atoms with E-state index in [9.17, 15) is 0 Å². The van der Waals surface area contributed by atoms with Crippen LogP contribution in [0, 0.1) is 6.92 Å². The summed E-state index contributed by atoms with van der Waals surface area (Å²) < 4.78 is 11.0. The Morgan fingerprint density at radius 1 is 1.60 bits per heavy atom. The highest BCUT2D eigenvalue weighted by Gasteiger charge is 2.17. The number of anilines is 1. The van der Waals surface area contributed by atoms with Crippen LogP contribution >= 0.6 is 0 Å². The lowest BCUT2D eigenvalue weighted by Gasteiger charge is -2.12. The minimum atomic E-state index is 0.195. The second kappa shape index (κ2) is 4.44. The van der Waals surface area contributed by atoms with E-state index in [2.05, 4.69) is 9.97 Å². The SMILES string of the molecule is Cc1c(N)ncnc1OCC1CCCO1. The largest absolute Gasteiger partial charge is 0.475 e. The molecule has 0 radical (unpaired) electrons. The highest BCUT2D eigenvalue weighted by atomic mass is 16.5. The Balaban J connectivity index is 1.95. The van der Waals surface area contributed by atoms with Gasteiger partial charge in [0.1, 0.15) is 18.8 Å². The van der Waals surface area contributed by atoms with Crippen LogP contribution in [0.1, 0.15) is 18.4 Å². The van der Waals surface area contributed by atoms with Gasteiger partial charge in [-0.05, 0) is 19.8 Å². The molecule has 82 valence electrons. The first-order chi connectivity index (χ1) is 7.27. The standard InChI is InChI=1S/C10H15N3O2/c1-7-9(11)12-6-13-10(7)15-5-8-3-2-4-14-8/h6,8H,2-5H2,1H3,(H2,11,12,13). The molecule has 0 saturated carbocycles. The van der Waals surface area contributed by atoms with Crippen molar-refractivity contribution in [3.05, 3.63) is 11.9 Å². The van der Waals surface area contributed by atoms with Crippen molar-refractivity contribution in [1.29, 1.82) is 0 Å². The number of hydrogen-bond donors (Lipinski definition) is 1. The second-order valence-corrected chi connectivity index (χ2v) is 3.64. The molecule has 0 aliphatic carbocycles. The Morgan fingerprint density at radius 3 is 3.20 bits per heavy atom. The van der Waals surface area contributed by atoms with Crippen molar-refractivity contribution >= 4 is 5.82 Å². The summed E-state index contributed by atoms with van der Waals surface area (Å²) in [7, 11) is 0. The van der Waals surface area contributed by atoms with E-state index in [1.165, 1.54) is 6.33 Å². The van der Waals surface area contributed by atoms with Crippen LogP contribution in [0.5, 0.6) is 5.88 Å². The van der Waals surface area contributed by atoms with Gasteiger partial charge in [0.2, 0.25) is 5.88 Å². The normalized spacial score (nSPS) is 20.5. The first kappa shape index (κ1) is 10.2. The van der Waals surface area contributed by atoms with Gasteiger partial charge in [0.05, 0.1) is 11.7 Å². The molecule has 1 aliphatic rings. The fourth-order valence-electron chi connectivity index (χ4n) is 1.54. The summed E-state index contributed by atoms with van der Waals surface area (Å²) >= 11 is 0. The Labute approximate surface area is 88.6 Å². The van der Waals surface area contributed by atoms with Gasteiger partial charge in [-0.1, -0.05) is 0 Å². The summed E-state index contributed by atoms with van der Waals surface area (Å²) in [6.07, 6.45) is 3.77.